The van der Waals surface area contributed by atoms with E-state index in [2.05, 4.69) is 17.2 Å². The molecule has 0 heterocycles. The van der Waals surface area contributed by atoms with Gasteiger partial charge in [-0.15, -0.1) is 0 Å². The monoisotopic (exact) mass is 307 g/mol. The number of likely N-dealkylation sites (N-methyl/N-ethyl adjacent to an activating group) is 2. The Morgan fingerprint density at radius 1 is 1.43 bits per heavy atom. The first-order valence-corrected chi connectivity index (χ1v) is 6.89. The Hall–Kier alpha value is -2.03. The van der Waals surface area contributed by atoms with Crippen LogP contribution in [0.4, 0.5) is 0 Å². The largest absolute Gasteiger partial charge is 0.358 e. The molecule has 6 heteroatoms. The van der Waals surface area contributed by atoms with E-state index in [4.69, 9.17) is 17.3 Å². The van der Waals surface area contributed by atoms with Crippen LogP contribution in [0.15, 0.2) is 18.2 Å². The van der Waals surface area contributed by atoms with E-state index in [1.54, 1.807) is 18.2 Å². The number of nitrogens with one attached hydrogen (secondary N) is 1. The van der Waals surface area contributed by atoms with E-state index in [-0.39, 0.29) is 24.9 Å². The Morgan fingerprint density at radius 2 is 2.14 bits per heavy atom. The Balaban J connectivity index is 2.96. The molecule has 0 aliphatic carbocycles. The molecule has 0 radical (unpaired) electrons. The van der Waals surface area contributed by atoms with Crippen LogP contribution in [-0.2, 0) is 4.79 Å². The van der Waals surface area contributed by atoms with Crippen LogP contribution in [0.5, 0.6) is 0 Å². The molecule has 0 unspecified atom stereocenters. The van der Waals surface area contributed by atoms with Gasteiger partial charge in [0.05, 0.1) is 18.1 Å². The number of hydrogen-bond acceptors (Lipinski definition) is 3. The SMILES string of the molecule is CCN(CC(=O)NC)C(=O)c1ccc(C#CCN)c(Cl)c1. The molecule has 0 saturated heterocycles. The first-order valence-electron chi connectivity index (χ1n) is 6.51. The lowest BCUT2D eigenvalue weighted by atomic mass is 10.1. The molecule has 0 bridgehead atoms. The number of halogens is 1. The van der Waals surface area contributed by atoms with Gasteiger partial charge in [-0.05, 0) is 25.1 Å². The molecular formula is C15H18ClN3O2. The van der Waals surface area contributed by atoms with Crippen molar-refractivity contribution in [1.82, 2.24) is 10.2 Å². The second kappa shape index (κ2) is 8.30. The molecule has 0 aromatic heterocycles. The molecule has 1 rings (SSSR count). The minimum atomic E-state index is -0.249. The van der Waals surface area contributed by atoms with Crippen molar-refractivity contribution >= 4 is 23.4 Å². The molecule has 1 aromatic carbocycles. The maximum Gasteiger partial charge on any atom is 0.254 e. The fourth-order valence-corrected chi connectivity index (χ4v) is 1.89. The van der Waals surface area contributed by atoms with Gasteiger partial charge in [-0.1, -0.05) is 23.4 Å². The van der Waals surface area contributed by atoms with Crippen molar-refractivity contribution in [3.8, 4) is 11.8 Å². The van der Waals surface area contributed by atoms with E-state index in [1.165, 1.54) is 11.9 Å². The summed E-state index contributed by atoms with van der Waals surface area (Å²) in [5.74, 6) is 5.06. The number of nitrogens with two attached hydrogens (primary N) is 1. The van der Waals surface area contributed by atoms with Crippen molar-refractivity contribution in [2.24, 2.45) is 5.73 Å². The molecule has 0 aliphatic heterocycles. The molecule has 0 atom stereocenters. The number of rotatable bonds is 4. The van der Waals surface area contributed by atoms with Crippen molar-refractivity contribution in [1.29, 1.82) is 0 Å². The minimum Gasteiger partial charge on any atom is -0.358 e. The maximum absolute atomic E-state index is 12.3. The van der Waals surface area contributed by atoms with Crippen LogP contribution in [0, 0.1) is 11.8 Å². The highest BCUT2D eigenvalue weighted by Gasteiger charge is 2.17. The Bertz CT molecular complexity index is 590. The summed E-state index contributed by atoms with van der Waals surface area (Å²) in [6.45, 7) is 2.49. The van der Waals surface area contributed by atoms with Gasteiger partial charge < -0.3 is 16.0 Å². The quantitative estimate of drug-likeness (QED) is 0.810. The molecule has 1 aromatic rings. The van der Waals surface area contributed by atoms with Gasteiger partial charge in [0.1, 0.15) is 0 Å². The molecule has 0 aliphatic rings. The van der Waals surface area contributed by atoms with Crippen LogP contribution in [0.25, 0.3) is 0 Å². The second-order valence-electron chi connectivity index (χ2n) is 4.19. The number of benzene rings is 1. The third kappa shape index (κ3) is 4.78. The average Bonchev–Trinajstić information content (AvgIpc) is 2.50. The predicted molar refractivity (Wildman–Crippen MR) is 83.0 cm³/mol. The summed E-state index contributed by atoms with van der Waals surface area (Å²) in [4.78, 5) is 25.2. The fourth-order valence-electron chi connectivity index (χ4n) is 1.66. The lowest BCUT2D eigenvalue weighted by molar-refractivity contribution is -0.121. The van der Waals surface area contributed by atoms with E-state index < -0.39 is 0 Å². The lowest BCUT2D eigenvalue weighted by Gasteiger charge is -2.20. The van der Waals surface area contributed by atoms with Gasteiger partial charge in [0, 0.05) is 24.7 Å². The Kier molecular flexibility index (Phi) is 6.73. The van der Waals surface area contributed by atoms with Crippen LogP contribution in [0.3, 0.4) is 0 Å². The van der Waals surface area contributed by atoms with E-state index in [1.807, 2.05) is 6.92 Å². The third-order valence-corrected chi connectivity index (χ3v) is 3.14. The van der Waals surface area contributed by atoms with E-state index in [0.717, 1.165) is 0 Å². The first-order chi connectivity index (χ1) is 10.0. The summed E-state index contributed by atoms with van der Waals surface area (Å²) < 4.78 is 0. The van der Waals surface area contributed by atoms with E-state index in [9.17, 15) is 9.59 Å². The molecule has 21 heavy (non-hydrogen) atoms. The van der Waals surface area contributed by atoms with Crippen molar-refractivity contribution < 1.29 is 9.59 Å². The van der Waals surface area contributed by atoms with Crippen molar-refractivity contribution in [2.75, 3.05) is 26.7 Å². The van der Waals surface area contributed by atoms with Crippen LogP contribution in [-0.4, -0.2) is 43.4 Å². The predicted octanol–water partition coefficient (Wildman–Crippen LogP) is 0.858. The van der Waals surface area contributed by atoms with Crippen LogP contribution >= 0.6 is 11.6 Å². The molecule has 3 N–H and O–H groups in total. The molecule has 5 nitrogen and oxygen atoms in total. The summed E-state index contributed by atoms with van der Waals surface area (Å²) in [6.07, 6.45) is 0. The van der Waals surface area contributed by atoms with E-state index in [0.29, 0.717) is 22.7 Å². The zero-order valence-electron chi connectivity index (χ0n) is 12.1. The maximum atomic E-state index is 12.3. The number of nitrogens with zero attached hydrogens (tertiary/aromatic N) is 1. The molecular weight excluding hydrogens is 290 g/mol. The summed E-state index contributed by atoms with van der Waals surface area (Å²) in [5, 5.41) is 2.88. The number of hydrogen-bond donors (Lipinski definition) is 2. The van der Waals surface area contributed by atoms with Gasteiger partial charge in [0.15, 0.2) is 0 Å². The van der Waals surface area contributed by atoms with Gasteiger partial charge in [0.2, 0.25) is 5.91 Å². The third-order valence-electron chi connectivity index (χ3n) is 2.82. The number of carbonyl (C=O) groups is 2. The fraction of sp³-hybridized carbons (Fsp3) is 0.333. The summed E-state index contributed by atoms with van der Waals surface area (Å²) >= 11 is 6.10. The van der Waals surface area contributed by atoms with E-state index >= 15 is 0 Å². The Labute approximate surface area is 129 Å². The van der Waals surface area contributed by atoms with Crippen LogP contribution < -0.4 is 11.1 Å². The van der Waals surface area contributed by atoms with Gasteiger partial charge in [-0.3, -0.25) is 9.59 Å². The van der Waals surface area contributed by atoms with Crippen molar-refractivity contribution in [3.05, 3.63) is 34.3 Å². The number of amides is 2. The van der Waals surface area contributed by atoms with Crippen molar-refractivity contribution in [3.63, 3.8) is 0 Å². The normalized spacial score (nSPS) is 9.52. The molecule has 0 saturated carbocycles. The van der Waals surface area contributed by atoms with Gasteiger partial charge in [0.25, 0.3) is 5.91 Å². The standard InChI is InChI=1S/C15H18ClN3O2/c1-3-19(10-14(20)18-2)15(21)12-7-6-11(5-4-8-17)13(16)9-12/h6-7,9H,3,8,10,17H2,1-2H3,(H,18,20). The van der Waals surface area contributed by atoms with Gasteiger partial charge in [-0.2, -0.15) is 0 Å². The summed E-state index contributed by atoms with van der Waals surface area (Å²) in [5.41, 5.74) is 6.35. The minimum absolute atomic E-state index is 0.0121. The summed E-state index contributed by atoms with van der Waals surface area (Å²) in [7, 11) is 1.53. The smallest absolute Gasteiger partial charge is 0.254 e. The highest BCUT2D eigenvalue weighted by atomic mass is 35.5. The highest BCUT2D eigenvalue weighted by Crippen LogP contribution is 2.18. The van der Waals surface area contributed by atoms with Crippen LogP contribution in [0.1, 0.15) is 22.8 Å². The molecule has 2 amide bonds. The van der Waals surface area contributed by atoms with Crippen LogP contribution in [0.2, 0.25) is 5.02 Å². The zero-order valence-corrected chi connectivity index (χ0v) is 12.8. The topological polar surface area (TPSA) is 75.4 Å². The van der Waals surface area contributed by atoms with Gasteiger partial charge >= 0.3 is 0 Å². The second-order valence-corrected chi connectivity index (χ2v) is 4.60. The van der Waals surface area contributed by atoms with Gasteiger partial charge in [-0.25, -0.2) is 0 Å². The average molecular weight is 308 g/mol. The lowest BCUT2D eigenvalue weighted by Crippen LogP contribution is -2.39. The molecule has 0 spiro atoms. The van der Waals surface area contributed by atoms with Crippen molar-refractivity contribution in [2.45, 2.75) is 6.92 Å². The Morgan fingerprint density at radius 3 is 2.67 bits per heavy atom. The highest BCUT2D eigenvalue weighted by molar-refractivity contribution is 6.32. The summed E-state index contributed by atoms with van der Waals surface area (Å²) in [6, 6.07) is 4.87. The first kappa shape index (κ1) is 17.0. The number of carbonyl (C=O) groups excluding carboxylic acids is 2. The molecule has 0 fully saturated rings. The zero-order chi connectivity index (χ0) is 15.8. The molecule has 112 valence electrons.